The van der Waals surface area contributed by atoms with E-state index in [1.54, 1.807) is 6.07 Å². The number of hydrogen-bond acceptors (Lipinski definition) is 1. The first-order valence-electron chi connectivity index (χ1n) is 5.38. The fraction of sp³-hybridized carbons (Fsp3) is 0.385. The average molecular weight is 206 g/mol. The quantitative estimate of drug-likeness (QED) is 0.699. The number of phenolic OH excluding ortho intramolecular Hbond substituents is 1. The molecular formula is C13H20NO+. The molecule has 1 atom stereocenters. The van der Waals surface area contributed by atoms with Crippen LogP contribution in [0.5, 0.6) is 5.75 Å². The maximum atomic E-state index is 9.65. The highest BCUT2D eigenvalue weighted by atomic mass is 16.3. The second-order valence-corrected chi connectivity index (χ2v) is 4.04. The molecule has 1 unspecified atom stereocenters. The normalized spacial score (nSPS) is 12.4. The van der Waals surface area contributed by atoms with Gasteiger partial charge in [0.1, 0.15) is 12.3 Å². The summed E-state index contributed by atoms with van der Waals surface area (Å²) in [7, 11) is 0. The van der Waals surface area contributed by atoms with Crippen LogP contribution in [0.3, 0.4) is 0 Å². The summed E-state index contributed by atoms with van der Waals surface area (Å²) in [5, 5.41) is 9.65. The number of hydrogen-bond donors (Lipinski definition) is 2. The van der Waals surface area contributed by atoms with Crippen molar-refractivity contribution in [3.63, 3.8) is 0 Å². The van der Waals surface area contributed by atoms with Gasteiger partial charge >= 0.3 is 0 Å². The van der Waals surface area contributed by atoms with Gasteiger partial charge in [-0.05, 0) is 31.6 Å². The van der Waals surface area contributed by atoms with Crippen LogP contribution < -0.4 is 4.90 Å². The van der Waals surface area contributed by atoms with Gasteiger partial charge in [-0.25, -0.2) is 0 Å². The predicted octanol–water partition coefficient (Wildman–Crippen LogP) is 1.37. The number of aromatic hydroxyl groups is 1. The lowest BCUT2D eigenvalue weighted by molar-refractivity contribution is -0.907. The number of benzene rings is 1. The lowest BCUT2D eigenvalue weighted by atomic mass is 10.2. The van der Waals surface area contributed by atoms with Crippen LogP contribution >= 0.6 is 0 Å². The minimum Gasteiger partial charge on any atom is -0.507 e. The van der Waals surface area contributed by atoms with Crippen LogP contribution in [0.4, 0.5) is 0 Å². The van der Waals surface area contributed by atoms with E-state index < -0.39 is 0 Å². The first kappa shape index (κ1) is 11.8. The zero-order valence-electron chi connectivity index (χ0n) is 9.59. The van der Waals surface area contributed by atoms with Crippen molar-refractivity contribution in [2.45, 2.75) is 20.4 Å². The molecule has 2 N–H and O–H groups in total. The number of nitrogens with one attached hydrogen (secondary N) is 1. The Hall–Kier alpha value is -1.28. The largest absolute Gasteiger partial charge is 0.507 e. The number of rotatable bonds is 5. The number of quaternary nitrogens is 1. The molecule has 0 aliphatic heterocycles. The molecule has 1 rings (SSSR count). The van der Waals surface area contributed by atoms with Crippen LogP contribution in [-0.2, 0) is 6.54 Å². The van der Waals surface area contributed by atoms with Crippen molar-refractivity contribution >= 4 is 0 Å². The summed E-state index contributed by atoms with van der Waals surface area (Å²) in [5.41, 5.74) is 2.19. The highest BCUT2D eigenvalue weighted by Gasteiger charge is 2.09. The summed E-state index contributed by atoms with van der Waals surface area (Å²) in [5.74, 6) is 0.394. The van der Waals surface area contributed by atoms with Gasteiger partial charge in [0, 0.05) is 5.56 Å². The Morgan fingerprint density at radius 3 is 2.60 bits per heavy atom. The number of phenols is 1. The lowest BCUT2D eigenvalue weighted by Gasteiger charge is -2.18. The van der Waals surface area contributed by atoms with Crippen molar-refractivity contribution in [2.75, 3.05) is 13.1 Å². The molecule has 0 bridgehead atoms. The van der Waals surface area contributed by atoms with Gasteiger partial charge in [0.2, 0.25) is 0 Å². The molecule has 1 aromatic carbocycles. The van der Waals surface area contributed by atoms with Gasteiger partial charge < -0.3 is 10.0 Å². The molecule has 0 heterocycles. The van der Waals surface area contributed by atoms with Crippen LogP contribution in [0.1, 0.15) is 19.4 Å². The summed E-state index contributed by atoms with van der Waals surface area (Å²) >= 11 is 0. The highest BCUT2D eigenvalue weighted by Crippen LogP contribution is 2.13. The van der Waals surface area contributed by atoms with E-state index in [2.05, 4.69) is 13.5 Å². The summed E-state index contributed by atoms with van der Waals surface area (Å²) in [6, 6.07) is 7.53. The molecule has 15 heavy (non-hydrogen) atoms. The third-order valence-electron chi connectivity index (χ3n) is 2.48. The minimum absolute atomic E-state index is 0.394. The molecule has 2 nitrogen and oxygen atoms in total. The fourth-order valence-electron chi connectivity index (χ4n) is 1.67. The first-order chi connectivity index (χ1) is 7.13. The molecule has 0 saturated heterocycles. The van der Waals surface area contributed by atoms with Crippen LogP contribution in [-0.4, -0.2) is 18.2 Å². The van der Waals surface area contributed by atoms with Gasteiger partial charge in [0.05, 0.1) is 13.1 Å². The molecule has 0 aliphatic rings. The van der Waals surface area contributed by atoms with Crippen LogP contribution in [0.2, 0.25) is 0 Å². The van der Waals surface area contributed by atoms with Crippen molar-refractivity contribution in [1.29, 1.82) is 0 Å². The van der Waals surface area contributed by atoms with Crippen molar-refractivity contribution in [3.8, 4) is 5.75 Å². The number of likely N-dealkylation sites (N-methyl/N-ethyl adjacent to an activating group) is 1. The van der Waals surface area contributed by atoms with E-state index in [4.69, 9.17) is 0 Å². The van der Waals surface area contributed by atoms with E-state index in [1.807, 2.05) is 25.1 Å². The van der Waals surface area contributed by atoms with Gasteiger partial charge in [-0.2, -0.15) is 0 Å². The standard InChI is InChI=1S/C13H19NO/c1-4-14(9-11(2)3)10-12-7-5-6-8-13(12)15/h5-8,15H,2,4,9-10H2,1,3H3/p+1. The Morgan fingerprint density at radius 1 is 1.40 bits per heavy atom. The second-order valence-electron chi connectivity index (χ2n) is 4.04. The Morgan fingerprint density at radius 2 is 2.07 bits per heavy atom. The van der Waals surface area contributed by atoms with Gasteiger partial charge in [-0.15, -0.1) is 0 Å². The molecule has 0 aliphatic carbocycles. The fourth-order valence-corrected chi connectivity index (χ4v) is 1.67. The van der Waals surface area contributed by atoms with E-state index in [1.165, 1.54) is 10.5 Å². The Labute approximate surface area is 91.9 Å². The Bertz CT molecular complexity index is 333. The zero-order valence-corrected chi connectivity index (χ0v) is 9.59. The minimum atomic E-state index is 0.394. The summed E-state index contributed by atoms with van der Waals surface area (Å²) < 4.78 is 0. The van der Waals surface area contributed by atoms with Crippen LogP contribution in [0.15, 0.2) is 36.4 Å². The molecular weight excluding hydrogens is 186 g/mol. The first-order valence-corrected chi connectivity index (χ1v) is 5.38. The van der Waals surface area contributed by atoms with E-state index in [0.29, 0.717) is 5.75 Å². The molecule has 0 radical (unpaired) electrons. The summed E-state index contributed by atoms with van der Waals surface area (Å²) in [6.07, 6.45) is 0. The van der Waals surface area contributed by atoms with Crippen molar-refractivity contribution in [2.24, 2.45) is 0 Å². The summed E-state index contributed by atoms with van der Waals surface area (Å²) in [4.78, 5) is 1.42. The van der Waals surface area contributed by atoms with E-state index in [9.17, 15) is 5.11 Å². The van der Waals surface area contributed by atoms with Gasteiger partial charge in [-0.3, -0.25) is 0 Å². The van der Waals surface area contributed by atoms with E-state index in [0.717, 1.165) is 25.2 Å². The maximum Gasteiger partial charge on any atom is 0.124 e. The van der Waals surface area contributed by atoms with E-state index in [-0.39, 0.29) is 0 Å². The van der Waals surface area contributed by atoms with Crippen LogP contribution in [0, 0.1) is 0 Å². The van der Waals surface area contributed by atoms with Crippen molar-refractivity contribution in [1.82, 2.24) is 0 Å². The van der Waals surface area contributed by atoms with Gasteiger partial charge in [0.25, 0.3) is 0 Å². The van der Waals surface area contributed by atoms with Crippen molar-refractivity contribution < 1.29 is 10.0 Å². The highest BCUT2D eigenvalue weighted by molar-refractivity contribution is 5.30. The topological polar surface area (TPSA) is 24.7 Å². The smallest absolute Gasteiger partial charge is 0.124 e. The van der Waals surface area contributed by atoms with Gasteiger partial charge in [0.15, 0.2) is 0 Å². The molecule has 0 saturated carbocycles. The third kappa shape index (κ3) is 3.76. The second kappa shape index (κ2) is 5.56. The third-order valence-corrected chi connectivity index (χ3v) is 2.48. The zero-order chi connectivity index (χ0) is 11.3. The van der Waals surface area contributed by atoms with E-state index >= 15 is 0 Å². The monoisotopic (exact) mass is 206 g/mol. The number of para-hydroxylation sites is 1. The molecule has 0 fully saturated rings. The maximum absolute atomic E-state index is 9.65. The van der Waals surface area contributed by atoms with Crippen molar-refractivity contribution in [3.05, 3.63) is 42.0 Å². The predicted molar refractivity (Wildman–Crippen MR) is 63.0 cm³/mol. The summed E-state index contributed by atoms with van der Waals surface area (Å²) in [6.45, 7) is 11.0. The Balaban J connectivity index is 2.66. The molecule has 0 aromatic heterocycles. The lowest BCUT2D eigenvalue weighted by Crippen LogP contribution is -3.10. The molecule has 2 heteroatoms. The molecule has 0 amide bonds. The van der Waals surface area contributed by atoms with Gasteiger partial charge in [-0.1, -0.05) is 18.7 Å². The molecule has 0 spiro atoms. The average Bonchev–Trinajstić information content (AvgIpc) is 2.19. The SMILES string of the molecule is C=C(C)C[NH+](CC)Cc1ccccc1O. The Kier molecular flexibility index (Phi) is 4.37. The van der Waals surface area contributed by atoms with Crippen LogP contribution in [0.25, 0.3) is 0 Å². The molecule has 82 valence electrons. The molecule has 1 aromatic rings.